The number of carbonyl (C=O) groups excluding carboxylic acids is 1. The van der Waals surface area contributed by atoms with E-state index in [2.05, 4.69) is 16.4 Å². The van der Waals surface area contributed by atoms with Crippen molar-refractivity contribution in [1.29, 1.82) is 0 Å². The number of pyridine rings is 1. The van der Waals surface area contributed by atoms with Gasteiger partial charge in [0, 0.05) is 32.0 Å². The molecule has 2 heterocycles. The number of hydrogen-bond acceptors (Lipinski definition) is 3. The van der Waals surface area contributed by atoms with Crippen molar-refractivity contribution in [1.82, 2.24) is 15.2 Å². The molecule has 3 rings (SSSR count). The van der Waals surface area contributed by atoms with E-state index < -0.39 is 0 Å². The summed E-state index contributed by atoms with van der Waals surface area (Å²) in [7, 11) is 0. The van der Waals surface area contributed by atoms with E-state index in [1.165, 1.54) is 0 Å². The van der Waals surface area contributed by atoms with Crippen molar-refractivity contribution in [2.24, 2.45) is 0 Å². The van der Waals surface area contributed by atoms with Crippen LogP contribution < -0.4 is 5.32 Å². The number of nitrogens with one attached hydrogen (secondary N) is 1. The van der Waals surface area contributed by atoms with Gasteiger partial charge in [0.1, 0.15) is 0 Å². The van der Waals surface area contributed by atoms with Crippen molar-refractivity contribution in [2.45, 2.75) is 18.9 Å². The highest BCUT2D eigenvalue weighted by molar-refractivity contribution is 5.83. The molecule has 22 heavy (non-hydrogen) atoms. The van der Waals surface area contributed by atoms with Gasteiger partial charge in [0.25, 0.3) is 0 Å². The number of amides is 1. The van der Waals surface area contributed by atoms with Crippen LogP contribution in [0.15, 0.2) is 54.9 Å². The second kappa shape index (κ2) is 6.71. The highest BCUT2D eigenvalue weighted by atomic mass is 16.2. The lowest BCUT2D eigenvalue weighted by Crippen LogP contribution is -2.49. The molecule has 4 heteroatoms. The lowest BCUT2D eigenvalue weighted by atomic mass is 9.98. The van der Waals surface area contributed by atoms with Crippen LogP contribution in [-0.2, 0) is 4.79 Å². The number of aromatic nitrogens is 1. The lowest BCUT2D eigenvalue weighted by Gasteiger charge is -2.35. The maximum atomic E-state index is 12.8. The molecule has 1 saturated heterocycles. The normalized spacial score (nSPS) is 19.7. The number of rotatable bonds is 3. The minimum atomic E-state index is -0.103. The predicted molar refractivity (Wildman–Crippen MR) is 86.4 cm³/mol. The van der Waals surface area contributed by atoms with Gasteiger partial charge in [-0.25, -0.2) is 0 Å². The Balaban J connectivity index is 1.70. The van der Waals surface area contributed by atoms with Crippen LogP contribution in [0.1, 0.15) is 30.0 Å². The molecule has 1 fully saturated rings. The Kier molecular flexibility index (Phi) is 4.49. The minimum Gasteiger partial charge on any atom is -0.339 e. The average molecular weight is 295 g/mol. The van der Waals surface area contributed by atoms with E-state index in [1.54, 1.807) is 6.20 Å². The summed E-state index contributed by atoms with van der Waals surface area (Å²) in [6, 6.07) is 14.1. The zero-order valence-corrected chi connectivity index (χ0v) is 12.8. The molecule has 2 aromatic rings. The quantitative estimate of drug-likeness (QED) is 0.945. The van der Waals surface area contributed by atoms with Gasteiger partial charge in [-0.3, -0.25) is 9.78 Å². The summed E-state index contributed by atoms with van der Waals surface area (Å²) >= 11 is 0. The van der Waals surface area contributed by atoms with Crippen LogP contribution in [-0.4, -0.2) is 35.4 Å². The third kappa shape index (κ3) is 3.17. The van der Waals surface area contributed by atoms with E-state index in [1.807, 2.05) is 54.4 Å². The van der Waals surface area contributed by atoms with Crippen LogP contribution in [0.4, 0.5) is 0 Å². The number of nitrogens with zero attached hydrogens (tertiary/aromatic N) is 2. The largest absolute Gasteiger partial charge is 0.339 e. The van der Waals surface area contributed by atoms with Crippen molar-refractivity contribution in [3.63, 3.8) is 0 Å². The van der Waals surface area contributed by atoms with Crippen molar-refractivity contribution < 1.29 is 4.79 Å². The summed E-state index contributed by atoms with van der Waals surface area (Å²) < 4.78 is 0. The lowest BCUT2D eigenvalue weighted by molar-refractivity contribution is -0.133. The Morgan fingerprint density at radius 2 is 2.09 bits per heavy atom. The van der Waals surface area contributed by atoms with E-state index >= 15 is 0 Å². The molecule has 1 N–H and O–H groups in total. The van der Waals surface area contributed by atoms with Gasteiger partial charge < -0.3 is 10.2 Å². The third-order valence-electron chi connectivity index (χ3n) is 4.24. The van der Waals surface area contributed by atoms with Gasteiger partial charge >= 0.3 is 0 Å². The molecule has 0 bridgehead atoms. The Labute approximate surface area is 131 Å². The molecule has 1 amide bonds. The first-order valence-electron chi connectivity index (χ1n) is 7.73. The zero-order valence-electron chi connectivity index (χ0n) is 12.8. The van der Waals surface area contributed by atoms with Gasteiger partial charge in [0.15, 0.2) is 0 Å². The summed E-state index contributed by atoms with van der Waals surface area (Å²) in [6.45, 7) is 4.25. The summed E-state index contributed by atoms with van der Waals surface area (Å²) in [6.07, 6.45) is 3.64. The topological polar surface area (TPSA) is 45.2 Å². The number of carbonyl (C=O) groups is 1. The van der Waals surface area contributed by atoms with Crippen molar-refractivity contribution in [3.05, 3.63) is 66.0 Å². The highest BCUT2D eigenvalue weighted by Crippen LogP contribution is 2.22. The number of benzene rings is 1. The first-order valence-corrected chi connectivity index (χ1v) is 7.73. The van der Waals surface area contributed by atoms with Crippen LogP contribution in [0.2, 0.25) is 0 Å². The predicted octanol–water partition coefficient (Wildman–Crippen LogP) is 2.36. The Bertz CT molecular complexity index is 615. The molecule has 1 aliphatic heterocycles. The summed E-state index contributed by atoms with van der Waals surface area (Å²) in [5.74, 6) is 0.0930. The maximum absolute atomic E-state index is 12.8. The Morgan fingerprint density at radius 3 is 2.82 bits per heavy atom. The Hall–Kier alpha value is -2.20. The van der Waals surface area contributed by atoms with Gasteiger partial charge in [-0.2, -0.15) is 0 Å². The first-order chi connectivity index (χ1) is 10.8. The molecule has 0 spiro atoms. The second-order valence-corrected chi connectivity index (χ2v) is 5.71. The molecule has 114 valence electrons. The van der Waals surface area contributed by atoms with Crippen LogP contribution in [0.5, 0.6) is 0 Å². The molecule has 0 radical (unpaired) electrons. The average Bonchev–Trinajstić information content (AvgIpc) is 2.62. The van der Waals surface area contributed by atoms with Crippen LogP contribution >= 0.6 is 0 Å². The Morgan fingerprint density at radius 1 is 1.27 bits per heavy atom. The number of piperazine rings is 1. The monoisotopic (exact) mass is 295 g/mol. The second-order valence-electron chi connectivity index (χ2n) is 5.71. The fourth-order valence-corrected chi connectivity index (χ4v) is 2.91. The summed E-state index contributed by atoms with van der Waals surface area (Å²) in [5.41, 5.74) is 2.20. The fraction of sp³-hybridized carbons (Fsp3) is 0.333. The summed E-state index contributed by atoms with van der Waals surface area (Å²) in [5, 5.41) is 3.47. The number of hydrogen-bond donors (Lipinski definition) is 1. The maximum Gasteiger partial charge on any atom is 0.229 e. The minimum absolute atomic E-state index is 0.103. The van der Waals surface area contributed by atoms with Gasteiger partial charge in [-0.15, -0.1) is 0 Å². The van der Waals surface area contributed by atoms with Gasteiger partial charge in [-0.05, 0) is 24.1 Å². The van der Waals surface area contributed by atoms with E-state index in [0.717, 1.165) is 24.2 Å². The third-order valence-corrected chi connectivity index (χ3v) is 4.24. The van der Waals surface area contributed by atoms with Crippen LogP contribution in [0.25, 0.3) is 0 Å². The highest BCUT2D eigenvalue weighted by Gasteiger charge is 2.27. The van der Waals surface area contributed by atoms with Crippen molar-refractivity contribution >= 4 is 5.91 Å². The fourth-order valence-electron chi connectivity index (χ4n) is 2.91. The van der Waals surface area contributed by atoms with E-state index in [-0.39, 0.29) is 17.9 Å². The van der Waals surface area contributed by atoms with Crippen LogP contribution in [0.3, 0.4) is 0 Å². The zero-order chi connectivity index (χ0) is 15.4. The van der Waals surface area contributed by atoms with Gasteiger partial charge in [0.05, 0.1) is 12.0 Å². The molecule has 4 nitrogen and oxygen atoms in total. The summed E-state index contributed by atoms with van der Waals surface area (Å²) in [4.78, 5) is 18.9. The molecule has 1 aromatic carbocycles. The van der Waals surface area contributed by atoms with E-state index in [9.17, 15) is 4.79 Å². The molecule has 0 saturated carbocycles. The molecular formula is C18H21N3O. The van der Waals surface area contributed by atoms with Crippen molar-refractivity contribution in [3.8, 4) is 0 Å². The molecule has 0 aliphatic carbocycles. The van der Waals surface area contributed by atoms with Crippen LogP contribution in [0, 0.1) is 0 Å². The smallest absolute Gasteiger partial charge is 0.229 e. The van der Waals surface area contributed by atoms with Crippen molar-refractivity contribution in [2.75, 3.05) is 19.6 Å². The SMILES string of the molecule is C[C@@H](C(=O)N1CCN[C@@H](c2cccnc2)C1)c1ccccc1. The van der Waals surface area contributed by atoms with Gasteiger partial charge in [0.2, 0.25) is 5.91 Å². The molecule has 1 aliphatic rings. The van der Waals surface area contributed by atoms with Gasteiger partial charge in [-0.1, -0.05) is 36.4 Å². The first kappa shape index (κ1) is 14.7. The molecule has 2 atom stereocenters. The molecule has 0 unspecified atom stereocenters. The molecular weight excluding hydrogens is 274 g/mol. The molecule has 1 aromatic heterocycles. The van der Waals surface area contributed by atoms with E-state index in [4.69, 9.17) is 0 Å². The standard InChI is InChI=1S/C18H21N3O/c1-14(15-6-3-2-4-7-15)18(22)21-11-10-20-17(13-21)16-8-5-9-19-12-16/h2-9,12,14,17,20H,10-11,13H2,1H3/t14-,17-/m1/s1. The van der Waals surface area contributed by atoms with E-state index in [0.29, 0.717) is 6.54 Å².